The molecule has 142 valence electrons. The maximum Gasteiger partial charge on any atom is 0.136 e. The Morgan fingerprint density at radius 3 is 1.83 bits per heavy atom. The van der Waals surface area contributed by atoms with Crippen LogP contribution in [0.5, 0.6) is 0 Å². The lowest BCUT2D eigenvalue weighted by atomic mass is 10.0. The number of hydrogen-bond acceptors (Lipinski definition) is 2. The second-order valence-electron chi connectivity index (χ2n) is 7.48. The van der Waals surface area contributed by atoms with E-state index in [2.05, 4.69) is 95.9 Å². The van der Waals surface area contributed by atoms with E-state index in [0.29, 0.717) is 0 Å². The van der Waals surface area contributed by atoms with Gasteiger partial charge in [0.1, 0.15) is 11.2 Å². The Labute approximate surface area is 174 Å². The molecule has 0 saturated heterocycles. The van der Waals surface area contributed by atoms with Gasteiger partial charge in [-0.1, -0.05) is 60.7 Å². The summed E-state index contributed by atoms with van der Waals surface area (Å²) >= 11 is 0. The maximum atomic E-state index is 6.12. The molecule has 1 aromatic heterocycles. The molecule has 0 aliphatic heterocycles. The summed E-state index contributed by atoms with van der Waals surface area (Å²) < 4.78 is 6.12. The number of para-hydroxylation sites is 3. The Morgan fingerprint density at radius 1 is 0.433 bits per heavy atom. The number of furan rings is 1. The van der Waals surface area contributed by atoms with Gasteiger partial charge in [-0.15, -0.1) is 0 Å². The second kappa shape index (κ2) is 6.78. The van der Waals surface area contributed by atoms with Gasteiger partial charge in [0.25, 0.3) is 0 Å². The number of nitrogens with zero attached hydrogens (tertiary/aromatic N) is 1. The maximum absolute atomic E-state index is 6.12. The molecule has 0 amide bonds. The predicted octanol–water partition coefficient (Wildman–Crippen LogP) is 8.21. The van der Waals surface area contributed by atoms with Crippen molar-refractivity contribution in [2.45, 2.75) is 0 Å². The average Bonchev–Trinajstić information content (AvgIpc) is 3.16. The van der Waals surface area contributed by atoms with Crippen molar-refractivity contribution in [3.63, 3.8) is 0 Å². The third-order valence-electron chi connectivity index (χ3n) is 5.61. The minimum Gasteiger partial charge on any atom is -0.456 e. The van der Waals surface area contributed by atoms with Crippen molar-refractivity contribution < 1.29 is 4.42 Å². The number of anilines is 3. The smallest absolute Gasteiger partial charge is 0.136 e. The van der Waals surface area contributed by atoms with Gasteiger partial charge in [0.15, 0.2) is 0 Å². The summed E-state index contributed by atoms with van der Waals surface area (Å²) in [6.45, 7) is 0. The molecular weight excluding hydrogens is 366 g/mol. The van der Waals surface area contributed by atoms with Crippen LogP contribution in [0.1, 0.15) is 0 Å². The monoisotopic (exact) mass is 385 g/mol. The molecule has 0 radical (unpaired) electrons. The molecule has 0 aliphatic rings. The summed E-state index contributed by atoms with van der Waals surface area (Å²) in [6.07, 6.45) is 0. The van der Waals surface area contributed by atoms with Crippen LogP contribution in [0, 0.1) is 0 Å². The Morgan fingerprint density at radius 2 is 1.10 bits per heavy atom. The van der Waals surface area contributed by atoms with Gasteiger partial charge in [0.2, 0.25) is 0 Å². The Kier molecular flexibility index (Phi) is 3.82. The van der Waals surface area contributed by atoms with E-state index in [4.69, 9.17) is 4.42 Å². The summed E-state index contributed by atoms with van der Waals surface area (Å²) in [5.41, 5.74) is 5.24. The number of benzene rings is 5. The zero-order valence-electron chi connectivity index (χ0n) is 16.3. The van der Waals surface area contributed by atoms with E-state index in [-0.39, 0.29) is 0 Å². The largest absolute Gasteiger partial charge is 0.456 e. The summed E-state index contributed by atoms with van der Waals surface area (Å²) in [7, 11) is 0. The van der Waals surface area contributed by atoms with Crippen LogP contribution in [0.4, 0.5) is 17.1 Å². The van der Waals surface area contributed by atoms with Gasteiger partial charge in [-0.2, -0.15) is 0 Å². The highest BCUT2D eigenvalue weighted by molar-refractivity contribution is 6.10. The van der Waals surface area contributed by atoms with E-state index >= 15 is 0 Å². The van der Waals surface area contributed by atoms with Crippen LogP contribution in [0.15, 0.2) is 120 Å². The lowest BCUT2D eigenvalue weighted by molar-refractivity contribution is 0.669. The van der Waals surface area contributed by atoms with Crippen LogP contribution in [-0.2, 0) is 0 Å². The van der Waals surface area contributed by atoms with Crippen molar-refractivity contribution in [3.05, 3.63) is 115 Å². The van der Waals surface area contributed by atoms with Gasteiger partial charge < -0.3 is 9.32 Å². The second-order valence-corrected chi connectivity index (χ2v) is 7.48. The molecule has 5 aromatic carbocycles. The molecule has 0 fully saturated rings. The van der Waals surface area contributed by atoms with Crippen LogP contribution in [0.25, 0.3) is 32.7 Å². The fourth-order valence-electron chi connectivity index (χ4n) is 4.20. The molecule has 0 aliphatic carbocycles. The van der Waals surface area contributed by atoms with Crippen molar-refractivity contribution in [2.75, 3.05) is 4.90 Å². The highest BCUT2D eigenvalue weighted by Crippen LogP contribution is 2.37. The van der Waals surface area contributed by atoms with Gasteiger partial charge in [0.05, 0.1) is 0 Å². The topological polar surface area (TPSA) is 16.4 Å². The van der Waals surface area contributed by atoms with E-state index in [1.165, 1.54) is 5.39 Å². The van der Waals surface area contributed by atoms with Gasteiger partial charge in [-0.25, -0.2) is 0 Å². The standard InChI is InChI=1S/C28H19NO/c1-3-9-22(10-4-1)29(23-11-5-2-6-12-23)24-16-15-20-18-26-25-13-7-8-14-27(25)30-28(26)19-21(20)17-24/h1-19H. The molecule has 2 heteroatoms. The third kappa shape index (κ3) is 2.73. The summed E-state index contributed by atoms with van der Waals surface area (Å²) in [4.78, 5) is 2.28. The van der Waals surface area contributed by atoms with Crippen LogP contribution < -0.4 is 4.90 Å². The molecule has 0 atom stereocenters. The molecule has 6 rings (SSSR count). The lowest BCUT2D eigenvalue weighted by Crippen LogP contribution is -2.09. The fourth-order valence-corrected chi connectivity index (χ4v) is 4.20. The molecule has 0 spiro atoms. The lowest BCUT2D eigenvalue weighted by Gasteiger charge is -2.25. The van der Waals surface area contributed by atoms with Crippen molar-refractivity contribution in [1.29, 1.82) is 0 Å². The van der Waals surface area contributed by atoms with Crippen molar-refractivity contribution >= 4 is 49.8 Å². The first kappa shape index (κ1) is 16.9. The minimum atomic E-state index is 0.923. The van der Waals surface area contributed by atoms with Gasteiger partial charge in [-0.3, -0.25) is 0 Å². The van der Waals surface area contributed by atoms with Crippen molar-refractivity contribution in [1.82, 2.24) is 0 Å². The first-order chi connectivity index (χ1) is 14.9. The average molecular weight is 385 g/mol. The van der Waals surface area contributed by atoms with Crippen LogP contribution >= 0.6 is 0 Å². The molecule has 0 N–H and O–H groups in total. The molecule has 0 bridgehead atoms. The van der Waals surface area contributed by atoms with Crippen LogP contribution in [0.2, 0.25) is 0 Å². The summed E-state index contributed by atoms with van der Waals surface area (Å²) in [5, 5.41) is 4.69. The number of rotatable bonds is 3. The number of hydrogen-bond donors (Lipinski definition) is 0. The van der Waals surface area contributed by atoms with Gasteiger partial charge in [0, 0.05) is 27.8 Å². The first-order valence-corrected chi connectivity index (χ1v) is 10.1. The van der Waals surface area contributed by atoms with Crippen molar-refractivity contribution in [2.24, 2.45) is 0 Å². The first-order valence-electron chi connectivity index (χ1n) is 10.1. The van der Waals surface area contributed by atoms with E-state index in [9.17, 15) is 0 Å². The van der Waals surface area contributed by atoms with E-state index in [1.54, 1.807) is 0 Å². The Balaban J connectivity index is 1.56. The summed E-state index contributed by atoms with van der Waals surface area (Å²) in [5.74, 6) is 0. The Bertz CT molecular complexity index is 1440. The van der Waals surface area contributed by atoms with Gasteiger partial charge in [-0.05, 0) is 65.4 Å². The van der Waals surface area contributed by atoms with Crippen LogP contribution in [0.3, 0.4) is 0 Å². The number of fused-ring (bicyclic) bond motifs is 4. The Hall–Kier alpha value is -4.04. The molecular formula is C28H19NO. The SMILES string of the molecule is c1ccc(N(c2ccccc2)c2ccc3cc4c(cc3c2)oc2ccccc24)cc1. The zero-order valence-corrected chi connectivity index (χ0v) is 16.3. The molecule has 1 heterocycles. The highest BCUT2D eigenvalue weighted by atomic mass is 16.3. The molecule has 0 saturated carbocycles. The van der Waals surface area contributed by atoms with Crippen molar-refractivity contribution in [3.8, 4) is 0 Å². The molecule has 6 aromatic rings. The molecule has 2 nitrogen and oxygen atoms in total. The zero-order chi connectivity index (χ0) is 19.9. The van der Waals surface area contributed by atoms with E-state index in [1.807, 2.05) is 24.3 Å². The minimum absolute atomic E-state index is 0.923. The third-order valence-corrected chi connectivity index (χ3v) is 5.61. The summed E-state index contributed by atoms with van der Waals surface area (Å²) in [6, 6.07) is 40.2. The van der Waals surface area contributed by atoms with Gasteiger partial charge >= 0.3 is 0 Å². The molecule has 30 heavy (non-hydrogen) atoms. The van der Waals surface area contributed by atoms with E-state index in [0.717, 1.165) is 44.4 Å². The van der Waals surface area contributed by atoms with E-state index < -0.39 is 0 Å². The molecule has 0 unspecified atom stereocenters. The predicted molar refractivity (Wildman–Crippen MR) is 126 cm³/mol. The quantitative estimate of drug-likeness (QED) is 0.305. The highest BCUT2D eigenvalue weighted by Gasteiger charge is 2.13. The normalized spacial score (nSPS) is 11.3. The fraction of sp³-hybridized carbons (Fsp3) is 0. The van der Waals surface area contributed by atoms with Crippen LogP contribution in [-0.4, -0.2) is 0 Å².